The zero-order valence-electron chi connectivity index (χ0n) is 10.5. The highest BCUT2D eigenvalue weighted by molar-refractivity contribution is 6.37. The molecular weight excluding hydrogens is 319 g/mol. The largest absolute Gasteiger partial charge is 0.494 e. The standard InChI is InChI=1S/C14H11Cl3N2O/c1-20-14-12(16)5-9(6-13(14)17)8-18-19-11-4-2-3-10(15)7-11/h2-8,19H,1H3. The highest BCUT2D eigenvalue weighted by Gasteiger charge is 2.07. The van der Waals surface area contributed by atoms with Gasteiger partial charge in [-0.15, -0.1) is 0 Å². The van der Waals surface area contributed by atoms with Crippen LogP contribution in [0, 0.1) is 0 Å². The molecule has 6 heteroatoms. The molecule has 0 amide bonds. The van der Waals surface area contributed by atoms with E-state index in [1.807, 2.05) is 12.1 Å². The predicted molar refractivity (Wildman–Crippen MR) is 85.7 cm³/mol. The van der Waals surface area contributed by atoms with Crippen molar-refractivity contribution < 1.29 is 4.74 Å². The Kier molecular flexibility index (Phi) is 5.12. The molecule has 0 aliphatic rings. The van der Waals surface area contributed by atoms with Crippen LogP contribution in [0.3, 0.4) is 0 Å². The number of benzene rings is 2. The van der Waals surface area contributed by atoms with Gasteiger partial charge in [-0.05, 0) is 35.9 Å². The van der Waals surface area contributed by atoms with Crippen LogP contribution < -0.4 is 10.2 Å². The van der Waals surface area contributed by atoms with Gasteiger partial charge in [-0.2, -0.15) is 5.10 Å². The molecule has 0 aliphatic heterocycles. The maximum atomic E-state index is 6.04. The van der Waals surface area contributed by atoms with Crippen molar-refractivity contribution >= 4 is 46.7 Å². The van der Waals surface area contributed by atoms with E-state index in [0.29, 0.717) is 20.8 Å². The van der Waals surface area contributed by atoms with Crippen molar-refractivity contribution in [3.05, 3.63) is 57.0 Å². The van der Waals surface area contributed by atoms with Gasteiger partial charge in [0.2, 0.25) is 0 Å². The molecule has 0 fully saturated rings. The van der Waals surface area contributed by atoms with Gasteiger partial charge in [-0.1, -0.05) is 40.9 Å². The summed E-state index contributed by atoms with van der Waals surface area (Å²) in [5.41, 5.74) is 4.42. The fourth-order valence-electron chi connectivity index (χ4n) is 1.59. The number of hydrogen-bond acceptors (Lipinski definition) is 3. The summed E-state index contributed by atoms with van der Waals surface area (Å²) >= 11 is 18.0. The van der Waals surface area contributed by atoms with Gasteiger partial charge in [0.1, 0.15) is 0 Å². The smallest absolute Gasteiger partial charge is 0.156 e. The van der Waals surface area contributed by atoms with E-state index in [0.717, 1.165) is 11.3 Å². The Hall–Kier alpha value is -1.42. The SMILES string of the molecule is COc1c(Cl)cc(C=NNc2cccc(Cl)c2)cc1Cl. The van der Waals surface area contributed by atoms with E-state index in [9.17, 15) is 0 Å². The first-order valence-corrected chi connectivity index (χ1v) is 6.81. The molecule has 0 aromatic heterocycles. The van der Waals surface area contributed by atoms with Crippen molar-refractivity contribution in [2.75, 3.05) is 12.5 Å². The lowest BCUT2D eigenvalue weighted by molar-refractivity contribution is 0.415. The summed E-state index contributed by atoms with van der Waals surface area (Å²) in [5.74, 6) is 0.452. The van der Waals surface area contributed by atoms with Gasteiger partial charge in [0.25, 0.3) is 0 Å². The summed E-state index contributed by atoms with van der Waals surface area (Å²) in [4.78, 5) is 0. The van der Waals surface area contributed by atoms with E-state index in [1.54, 1.807) is 30.5 Å². The molecule has 0 bridgehead atoms. The fourth-order valence-corrected chi connectivity index (χ4v) is 2.44. The van der Waals surface area contributed by atoms with Crippen LogP contribution in [0.4, 0.5) is 5.69 Å². The van der Waals surface area contributed by atoms with Crippen molar-refractivity contribution in [3.63, 3.8) is 0 Å². The Morgan fingerprint density at radius 3 is 2.40 bits per heavy atom. The van der Waals surface area contributed by atoms with Crippen molar-refractivity contribution in [3.8, 4) is 5.75 Å². The molecular formula is C14H11Cl3N2O. The Labute approximate surface area is 132 Å². The second-order valence-electron chi connectivity index (χ2n) is 3.90. The van der Waals surface area contributed by atoms with Gasteiger partial charge in [0.15, 0.2) is 5.75 Å². The lowest BCUT2D eigenvalue weighted by Gasteiger charge is -2.06. The highest BCUT2D eigenvalue weighted by atomic mass is 35.5. The summed E-state index contributed by atoms with van der Waals surface area (Å²) in [7, 11) is 1.52. The molecule has 1 N–H and O–H groups in total. The fraction of sp³-hybridized carbons (Fsp3) is 0.0714. The average Bonchev–Trinajstić information content (AvgIpc) is 2.38. The van der Waals surface area contributed by atoms with Crippen molar-refractivity contribution in [2.45, 2.75) is 0 Å². The lowest BCUT2D eigenvalue weighted by Crippen LogP contribution is -1.92. The Bertz CT molecular complexity index is 621. The minimum Gasteiger partial charge on any atom is -0.494 e. The molecule has 0 atom stereocenters. The van der Waals surface area contributed by atoms with Crippen LogP contribution in [0.15, 0.2) is 41.5 Å². The summed E-state index contributed by atoms with van der Waals surface area (Å²) in [6.07, 6.45) is 1.61. The minimum absolute atomic E-state index is 0.434. The molecule has 2 aromatic carbocycles. The third-order valence-corrected chi connectivity index (χ3v) is 3.25. The van der Waals surface area contributed by atoms with Gasteiger partial charge in [-0.3, -0.25) is 5.43 Å². The summed E-state index contributed by atoms with van der Waals surface area (Å²) in [6.45, 7) is 0. The lowest BCUT2D eigenvalue weighted by atomic mass is 10.2. The summed E-state index contributed by atoms with van der Waals surface area (Å²) in [6, 6.07) is 10.7. The first-order chi connectivity index (χ1) is 9.60. The first kappa shape index (κ1) is 15.0. The van der Waals surface area contributed by atoms with E-state index in [4.69, 9.17) is 39.5 Å². The van der Waals surface area contributed by atoms with E-state index in [-0.39, 0.29) is 0 Å². The van der Waals surface area contributed by atoms with E-state index in [1.165, 1.54) is 7.11 Å². The molecule has 0 spiro atoms. The Morgan fingerprint density at radius 2 is 1.80 bits per heavy atom. The number of hydrazone groups is 1. The van der Waals surface area contributed by atoms with Crippen molar-refractivity contribution in [1.29, 1.82) is 0 Å². The number of nitrogens with one attached hydrogen (secondary N) is 1. The molecule has 2 rings (SSSR count). The molecule has 0 saturated carbocycles. The van der Waals surface area contributed by atoms with Gasteiger partial charge >= 0.3 is 0 Å². The molecule has 2 aromatic rings. The monoisotopic (exact) mass is 328 g/mol. The van der Waals surface area contributed by atoms with Crippen LogP contribution in [-0.2, 0) is 0 Å². The second kappa shape index (κ2) is 6.84. The van der Waals surface area contributed by atoms with E-state index < -0.39 is 0 Å². The molecule has 0 unspecified atom stereocenters. The topological polar surface area (TPSA) is 33.6 Å². The maximum absolute atomic E-state index is 6.04. The normalized spacial score (nSPS) is 10.8. The molecule has 0 radical (unpaired) electrons. The van der Waals surface area contributed by atoms with Gasteiger partial charge in [0.05, 0.1) is 29.1 Å². The molecule has 20 heavy (non-hydrogen) atoms. The van der Waals surface area contributed by atoms with E-state index >= 15 is 0 Å². The Balaban J connectivity index is 2.12. The maximum Gasteiger partial charge on any atom is 0.156 e. The van der Waals surface area contributed by atoms with Gasteiger partial charge < -0.3 is 4.74 Å². The van der Waals surface area contributed by atoms with Crippen LogP contribution in [0.2, 0.25) is 15.1 Å². The first-order valence-electron chi connectivity index (χ1n) is 5.68. The molecule has 0 heterocycles. The van der Waals surface area contributed by atoms with Crippen LogP contribution in [0.5, 0.6) is 5.75 Å². The molecule has 3 nitrogen and oxygen atoms in total. The predicted octanol–water partition coefficient (Wildman–Crippen LogP) is 5.10. The zero-order chi connectivity index (χ0) is 14.5. The van der Waals surface area contributed by atoms with E-state index in [2.05, 4.69) is 10.5 Å². The van der Waals surface area contributed by atoms with Crippen LogP contribution in [0.1, 0.15) is 5.56 Å². The number of hydrogen-bond donors (Lipinski definition) is 1. The minimum atomic E-state index is 0.434. The molecule has 0 saturated heterocycles. The third kappa shape index (κ3) is 3.79. The quantitative estimate of drug-likeness (QED) is 0.625. The third-order valence-electron chi connectivity index (χ3n) is 2.46. The number of nitrogens with zero attached hydrogens (tertiary/aromatic N) is 1. The zero-order valence-corrected chi connectivity index (χ0v) is 12.8. The molecule has 104 valence electrons. The highest BCUT2D eigenvalue weighted by Crippen LogP contribution is 2.33. The average molecular weight is 330 g/mol. The number of rotatable bonds is 4. The summed E-state index contributed by atoms with van der Waals surface area (Å²) < 4.78 is 5.08. The van der Waals surface area contributed by atoms with Crippen LogP contribution in [0.25, 0.3) is 0 Å². The second-order valence-corrected chi connectivity index (χ2v) is 5.15. The van der Waals surface area contributed by atoms with Crippen molar-refractivity contribution in [2.24, 2.45) is 5.10 Å². The number of halogens is 3. The van der Waals surface area contributed by atoms with Crippen LogP contribution >= 0.6 is 34.8 Å². The van der Waals surface area contributed by atoms with Gasteiger partial charge in [-0.25, -0.2) is 0 Å². The van der Waals surface area contributed by atoms with Crippen molar-refractivity contribution in [1.82, 2.24) is 0 Å². The van der Waals surface area contributed by atoms with Gasteiger partial charge in [0, 0.05) is 5.02 Å². The number of ether oxygens (including phenoxy) is 1. The Morgan fingerprint density at radius 1 is 1.10 bits per heavy atom. The molecule has 0 aliphatic carbocycles. The number of methoxy groups -OCH3 is 1. The summed E-state index contributed by atoms with van der Waals surface area (Å²) in [5, 5.41) is 5.61. The van der Waals surface area contributed by atoms with Crippen LogP contribution in [-0.4, -0.2) is 13.3 Å². The number of anilines is 1.